The molecule has 0 radical (unpaired) electrons. The molecule has 0 saturated carbocycles. The predicted octanol–water partition coefficient (Wildman–Crippen LogP) is 5.74. The van der Waals surface area contributed by atoms with E-state index < -0.39 is 0 Å². The van der Waals surface area contributed by atoms with Gasteiger partial charge in [-0.3, -0.25) is 14.9 Å². The monoisotopic (exact) mass is 427 g/mol. The minimum atomic E-state index is -0.245. The van der Waals surface area contributed by atoms with Crippen molar-refractivity contribution in [2.75, 3.05) is 10.6 Å². The zero-order chi connectivity index (χ0) is 20.8. The van der Waals surface area contributed by atoms with Gasteiger partial charge >= 0.3 is 0 Å². The second-order valence-corrected chi connectivity index (χ2v) is 8.19. The molecule has 0 aliphatic rings. The molecule has 3 rings (SSSR count). The second kappa shape index (κ2) is 9.67. The van der Waals surface area contributed by atoms with Crippen LogP contribution in [0.5, 0.6) is 0 Å². The molecule has 150 valence electrons. The maximum atomic E-state index is 12.3. The van der Waals surface area contributed by atoms with E-state index in [1.165, 1.54) is 11.3 Å². The Bertz CT molecular complexity index is 999. The first-order valence-corrected chi connectivity index (χ1v) is 10.6. The van der Waals surface area contributed by atoms with Crippen molar-refractivity contribution in [3.05, 3.63) is 75.8 Å². The van der Waals surface area contributed by atoms with Crippen LogP contribution in [0.25, 0.3) is 0 Å². The summed E-state index contributed by atoms with van der Waals surface area (Å²) in [6.07, 6.45) is 0.823. The Labute approximate surface area is 179 Å². The van der Waals surface area contributed by atoms with Crippen molar-refractivity contribution >= 4 is 45.6 Å². The van der Waals surface area contributed by atoms with E-state index >= 15 is 0 Å². The van der Waals surface area contributed by atoms with Crippen molar-refractivity contribution in [1.29, 1.82) is 0 Å². The Morgan fingerprint density at radius 3 is 2.52 bits per heavy atom. The van der Waals surface area contributed by atoms with Gasteiger partial charge in [0, 0.05) is 28.1 Å². The molecular weight excluding hydrogens is 406 g/mol. The van der Waals surface area contributed by atoms with Crippen LogP contribution in [0.2, 0.25) is 5.02 Å². The fourth-order valence-corrected chi connectivity index (χ4v) is 3.68. The summed E-state index contributed by atoms with van der Waals surface area (Å²) in [6.45, 7) is 4.19. The van der Waals surface area contributed by atoms with E-state index in [1.54, 1.807) is 24.3 Å². The smallest absolute Gasteiger partial charge is 0.257 e. The van der Waals surface area contributed by atoms with Crippen molar-refractivity contribution in [2.24, 2.45) is 0 Å². The third-order valence-corrected chi connectivity index (χ3v) is 5.40. The molecule has 0 unspecified atom stereocenters. The first-order chi connectivity index (χ1) is 13.9. The third kappa shape index (κ3) is 5.89. The van der Waals surface area contributed by atoms with Crippen molar-refractivity contribution < 1.29 is 9.59 Å². The molecule has 3 aromatic rings. The minimum absolute atomic E-state index is 0.0575. The van der Waals surface area contributed by atoms with E-state index in [0.29, 0.717) is 34.5 Å². The van der Waals surface area contributed by atoms with Crippen LogP contribution >= 0.6 is 22.9 Å². The summed E-state index contributed by atoms with van der Waals surface area (Å²) in [4.78, 5) is 29.0. The molecule has 0 atom stereocenters. The molecule has 0 fully saturated rings. The highest BCUT2D eigenvalue weighted by Gasteiger charge is 2.12. The predicted molar refractivity (Wildman–Crippen MR) is 119 cm³/mol. The van der Waals surface area contributed by atoms with E-state index in [4.69, 9.17) is 11.6 Å². The topological polar surface area (TPSA) is 71.1 Å². The fourth-order valence-electron chi connectivity index (χ4n) is 2.82. The Hall–Kier alpha value is -2.70. The maximum Gasteiger partial charge on any atom is 0.257 e. The van der Waals surface area contributed by atoms with Crippen molar-refractivity contribution in [1.82, 2.24) is 4.98 Å². The van der Waals surface area contributed by atoms with E-state index in [9.17, 15) is 9.59 Å². The summed E-state index contributed by atoms with van der Waals surface area (Å²) in [6, 6.07) is 14.5. The number of nitrogens with one attached hydrogen (secondary N) is 2. The van der Waals surface area contributed by atoms with Gasteiger partial charge in [-0.2, -0.15) is 0 Å². The number of nitrogens with zero attached hydrogens (tertiary/aromatic N) is 1. The standard InChI is InChI=1S/C22H22ClN3O2S/c1-14(2)18-5-3-4-6-19(18)25-20(27)12-11-17-13-29-22(24-17)26-21(28)15-7-9-16(23)10-8-15/h3-10,13-14H,11-12H2,1-2H3,(H,25,27)(H,24,26,28). The molecule has 0 aliphatic heterocycles. The molecule has 1 heterocycles. The molecule has 7 heteroatoms. The number of rotatable bonds is 7. The average molecular weight is 428 g/mol. The van der Waals surface area contributed by atoms with Gasteiger partial charge in [-0.1, -0.05) is 43.6 Å². The highest BCUT2D eigenvalue weighted by molar-refractivity contribution is 7.14. The summed E-state index contributed by atoms with van der Waals surface area (Å²) >= 11 is 7.18. The zero-order valence-corrected chi connectivity index (χ0v) is 17.8. The highest BCUT2D eigenvalue weighted by atomic mass is 35.5. The van der Waals surface area contributed by atoms with Gasteiger partial charge in [-0.15, -0.1) is 11.3 Å². The molecule has 1 aromatic heterocycles. The lowest BCUT2D eigenvalue weighted by Gasteiger charge is -2.13. The second-order valence-electron chi connectivity index (χ2n) is 6.90. The van der Waals surface area contributed by atoms with E-state index in [1.807, 2.05) is 29.6 Å². The molecule has 5 nitrogen and oxygen atoms in total. The number of anilines is 2. The van der Waals surface area contributed by atoms with Gasteiger partial charge in [-0.05, 0) is 48.2 Å². The molecule has 2 amide bonds. The summed E-state index contributed by atoms with van der Waals surface area (Å²) in [5.74, 6) is 0.0281. The van der Waals surface area contributed by atoms with Gasteiger partial charge < -0.3 is 5.32 Å². The number of hydrogen-bond donors (Lipinski definition) is 2. The largest absolute Gasteiger partial charge is 0.326 e. The first-order valence-electron chi connectivity index (χ1n) is 9.32. The van der Waals surface area contributed by atoms with Gasteiger partial charge in [0.05, 0.1) is 5.69 Å². The van der Waals surface area contributed by atoms with E-state index in [2.05, 4.69) is 29.5 Å². The lowest BCUT2D eigenvalue weighted by atomic mass is 10.0. The Morgan fingerprint density at radius 1 is 1.07 bits per heavy atom. The summed E-state index contributed by atoms with van der Waals surface area (Å²) in [5, 5.41) is 8.69. The van der Waals surface area contributed by atoms with Gasteiger partial charge in [0.15, 0.2) is 5.13 Å². The number of aromatic nitrogens is 1. The van der Waals surface area contributed by atoms with Crippen molar-refractivity contribution in [2.45, 2.75) is 32.6 Å². The van der Waals surface area contributed by atoms with Gasteiger partial charge in [-0.25, -0.2) is 4.98 Å². The Kier molecular flexibility index (Phi) is 7.01. The van der Waals surface area contributed by atoms with Crippen LogP contribution in [0, 0.1) is 0 Å². The molecule has 29 heavy (non-hydrogen) atoms. The summed E-state index contributed by atoms with van der Waals surface area (Å²) < 4.78 is 0. The van der Waals surface area contributed by atoms with Crippen LogP contribution in [-0.2, 0) is 11.2 Å². The van der Waals surface area contributed by atoms with Crippen LogP contribution in [0.4, 0.5) is 10.8 Å². The normalized spacial score (nSPS) is 10.8. The van der Waals surface area contributed by atoms with Crippen LogP contribution < -0.4 is 10.6 Å². The quantitative estimate of drug-likeness (QED) is 0.504. The molecular formula is C22H22ClN3O2S. The third-order valence-electron chi connectivity index (χ3n) is 4.34. The number of benzene rings is 2. The molecule has 0 spiro atoms. The molecule has 0 saturated heterocycles. The van der Waals surface area contributed by atoms with E-state index in [0.717, 1.165) is 16.9 Å². The molecule has 0 bridgehead atoms. The highest BCUT2D eigenvalue weighted by Crippen LogP contribution is 2.24. The number of aryl methyl sites for hydroxylation is 1. The van der Waals surface area contributed by atoms with Gasteiger partial charge in [0.1, 0.15) is 0 Å². The van der Waals surface area contributed by atoms with Crippen LogP contribution in [0.1, 0.15) is 47.8 Å². The van der Waals surface area contributed by atoms with Crippen LogP contribution in [-0.4, -0.2) is 16.8 Å². The average Bonchev–Trinajstić information content (AvgIpc) is 3.14. The number of carbonyl (C=O) groups is 2. The summed E-state index contributed by atoms with van der Waals surface area (Å²) in [7, 11) is 0. The number of halogens is 1. The first kappa shape index (κ1) is 21.0. The number of carbonyl (C=O) groups excluding carboxylic acids is 2. The molecule has 2 N–H and O–H groups in total. The van der Waals surface area contributed by atoms with Crippen LogP contribution in [0.15, 0.2) is 53.9 Å². The number of amides is 2. The van der Waals surface area contributed by atoms with Crippen molar-refractivity contribution in [3.63, 3.8) is 0 Å². The Morgan fingerprint density at radius 2 is 1.79 bits per heavy atom. The van der Waals surface area contributed by atoms with Crippen molar-refractivity contribution in [3.8, 4) is 0 Å². The number of para-hydroxylation sites is 1. The number of hydrogen-bond acceptors (Lipinski definition) is 4. The molecule has 2 aromatic carbocycles. The molecule has 0 aliphatic carbocycles. The number of thiazole rings is 1. The zero-order valence-electron chi connectivity index (χ0n) is 16.2. The minimum Gasteiger partial charge on any atom is -0.326 e. The maximum absolute atomic E-state index is 12.3. The lowest BCUT2D eigenvalue weighted by molar-refractivity contribution is -0.116. The Balaban J connectivity index is 1.53. The fraction of sp³-hybridized carbons (Fsp3) is 0.227. The van der Waals surface area contributed by atoms with E-state index in [-0.39, 0.29) is 11.8 Å². The van der Waals surface area contributed by atoms with Gasteiger partial charge in [0.25, 0.3) is 5.91 Å². The van der Waals surface area contributed by atoms with Crippen LogP contribution in [0.3, 0.4) is 0 Å². The summed E-state index contributed by atoms with van der Waals surface area (Å²) in [5.41, 5.74) is 3.24. The lowest BCUT2D eigenvalue weighted by Crippen LogP contribution is -2.14. The van der Waals surface area contributed by atoms with Gasteiger partial charge in [0.2, 0.25) is 5.91 Å². The SMILES string of the molecule is CC(C)c1ccccc1NC(=O)CCc1csc(NC(=O)c2ccc(Cl)cc2)n1.